The monoisotopic (exact) mass is 277 g/mol. The molecule has 0 aromatic heterocycles. The Bertz CT molecular complexity index is 527. The van der Waals surface area contributed by atoms with E-state index < -0.39 is 17.8 Å². The summed E-state index contributed by atoms with van der Waals surface area (Å²) in [5.41, 5.74) is 0.606. The van der Waals surface area contributed by atoms with Gasteiger partial charge in [0.1, 0.15) is 0 Å². The zero-order valence-electron chi connectivity index (χ0n) is 10.2. The Morgan fingerprint density at radius 3 is 2.74 bits per heavy atom. The highest BCUT2D eigenvalue weighted by atomic mass is 32.1. The molecule has 0 saturated heterocycles. The number of benzene rings is 1. The fraction of sp³-hybridized carbons (Fsp3) is 0.286. The van der Waals surface area contributed by atoms with Crippen LogP contribution in [0.15, 0.2) is 41.3 Å². The van der Waals surface area contributed by atoms with Crippen molar-refractivity contribution in [3.8, 4) is 0 Å². The standard InChI is InChI=1S/C14H15NO3S/c16-13(15-11-7-3-4-8-12(11)19)9-5-1-2-6-10(9)14(17)18/h2-4,6-10,19H,1,5H2,(H,15,16)(H,17,18). The smallest absolute Gasteiger partial charge is 0.311 e. The largest absolute Gasteiger partial charge is 0.481 e. The normalized spacial score (nSPS) is 21.9. The number of carbonyl (C=O) groups excluding carboxylic acids is 1. The van der Waals surface area contributed by atoms with Crippen LogP contribution in [0.2, 0.25) is 0 Å². The lowest BCUT2D eigenvalue weighted by Gasteiger charge is -2.23. The van der Waals surface area contributed by atoms with Crippen LogP contribution in [0, 0.1) is 11.8 Å². The molecule has 0 fully saturated rings. The molecule has 2 rings (SSSR count). The van der Waals surface area contributed by atoms with Crippen molar-refractivity contribution in [2.24, 2.45) is 11.8 Å². The summed E-state index contributed by atoms with van der Waals surface area (Å²) in [6.07, 6.45) is 4.69. The lowest BCUT2D eigenvalue weighted by atomic mass is 9.83. The molecule has 0 bridgehead atoms. The summed E-state index contributed by atoms with van der Waals surface area (Å²) < 4.78 is 0. The van der Waals surface area contributed by atoms with Crippen molar-refractivity contribution in [1.82, 2.24) is 0 Å². The van der Waals surface area contributed by atoms with E-state index in [0.717, 1.165) is 6.42 Å². The maximum absolute atomic E-state index is 12.2. The van der Waals surface area contributed by atoms with Gasteiger partial charge in [-0.2, -0.15) is 0 Å². The van der Waals surface area contributed by atoms with Gasteiger partial charge in [0.25, 0.3) is 0 Å². The van der Waals surface area contributed by atoms with Gasteiger partial charge in [-0.1, -0.05) is 24.3 Å². The number of carboxylic acids is 1. The van der Waals surface area contributed by atoms with E-state index in [1.807, 2.05) is 12.1 Å². The van der Waals surface area contributed by atoms with Gasteiger partial charge in [0.2, 0.25) is 5.91 Å². The third-order valence-electron chi connectivity index (χ3n) is 3.21. The first kappa shape index (κ1) is 13.7. The van der Waals surface area contributed by atoms with Gasteiger partial charge >= 0.3 is 5.97 Å². The molecular weight excluding hydrogens is 262 g/mol. The van der Waals surface area contributed by atoms with E-state index >= 15 is 0 Å². The number of allylic oxidation sites excluding steroid dienone is 1. The second-order valence-corrected chi connectivity index (χ2v) is 4.96. The van der Waals surface area contributed by atoms with Gasteiger partial charge in [0.15, 0.2) is 0 Å². The number of para-hydroxylation sites is 1. The Balaban J connectivity index is 2.13. The molecule has 100 valence electrons. The third-order valence-corrected chi connectivity index (χ3v) is 3.60. The van der Waals surface area contributed by atoms with Crippen LogP contribution in [0.4, 0.5) is 5.69 Å². The summed E-state index contributed by atoms with van der Waals surface area (Å²) in [7, 11) is 0. The van der Waals surface area contributed by atoms with Crippen LogP contribution in [0.5, 0.6) is 0 Å². The van der Waals surface area contributed by atoms with Gasteiger partial charge in [-0.25, -0.2) is 0 Å². The number of nitrogens with one attached hydrogen (secondary N) is 1. The van der Waals surface area contributed by atoms with Gasteiger partial charge in [-0.15, -0.1) is 12.6 Å². The maximum atomic E-state index is 12.2. The average molecular weight is 277 g/mol. The first-order valence-electron chi connectivity index (χ1n) is 6.08. The zero-order valence-corrected chi connectivity index (χ0v) is 11.1. The summed E-state index contributed by atoms with van der Waals surface area (Å²) in [5, 5.41) is 11.9. The summed E-state index contributed by atoms with van der Waals surface area (Å²) >= 11 is 4.25. The quantitative estimate of drug-likeness (QED) is 0.587. The Hall–Kier alpha value is -1.75. The maximum Gasteiger partial charge on any atom is 0.311 e. The van der Waals surface area contributed by atoms with Crippen LogP contribution in [-0.4, -0.2) is 17.0 Å². The van der Waals surface area contributed by atoms with Crippen molar-refractivity contribution >= 4 is 30.2 Å². The topological polar surface area (TPSA) is 66.4 Å². The number of hydrogen-bond acceptors (Lipinski definition) is 3. The average Bonchev–Trinajstić information content (AvgIpc) is 2.41. The van der Waals surface area contributed by atoms with E-state index in [-0.39, 0.29) is 5.91 Å². The van der Waals surface area contributed by atoms with E-state index in [1.165, 1.54) is 0 Å². The fourth-order valence-corrected chi connectivity index (χ4v) is 2.40. The van der Waals surface area contributed by atoms with Gasteiger partial charge in [-0.05, 0) is 25.0 Å². The number of anilines is 1. The number of aliphatic carboxylic acids is 1. The lowest BCUT2D eigenvalue weighted by Crippen LogP contribution is -2.34. The van der Waals surface area contributed by atoms with Crippen LogP contribution in [0.25, 0.3) is 0 Å². The van der Waals surface area contributed by atoms with Crippen LogP contribution in [0.3, 0.4) is 0 Å². The molecule has 2 atom stereocenters. The van der Waals surface area contributed by atoms with Gasteiger partial charge < -0.3 is 10.4 Å². The van der Waals surface area contributed by atoms with E-state index in [2.05, 4.69) is 17.9 Å². The van der Waals surface area contributed by atoms with Crippen LogP contribution >= 0.6 is 12.6 Å². The first-order chi connectivity index (χ1) is 9.09. The molecule has 4 nitrogen and oxygen atoms in total. The molecule has 1 aliphatic rings. The van der Waals surface area contributed by atoms with Crippen molar-refractivity contribution in [3.63, 3.8) is 0 Å². The van der Waals surface area contributed by atoms with Gasteiger partial charge in [0, 0.05) is 4.90 Å². The number of thiol groups is 1. The Kier molecular flexibility index (Phi) is 4.27. The molecule has 0 saturated carbocycles. The second-order valence-electron chi connectivity index (χ2n) is 4.48. The second kappa shape index (κ2) is 5.93. The predicted molar refractivity (Wildman–Crippen MR) is 75.3 cm³/mol. The van der Waals surface area contributed by atoms with Gasteiger partial charge in [0.05, 0.1) is 17.5 Å². The molecule has 0 heterocycles. The molecule has 1 amide bonds. The summed E-state index contributed by atoms with van der Waals surface area (Å²) in [5.74, 6) is -2.51. The summed E-state index contributed by atoms with van der Waals surface area (Å²) in [6.45, 7) is 0. The van der Waals surface area contributed by atoms with Crippen molar-refractivity contribution in [2.45, 2.75) is 17.7 Å². The molecule has 2 N–H and O–H groups in total. The molecule has 1 aliphatic carbocycles. The third kappa shape index (κ3) is 3.17. The number of amides is 1. The number of carboxylic acid groups (broad SMARTS) is 1. The molecule has 1 aromatic carbocycles. The summed E-state index contributed by atoms with van der Waals surface area (Å²) in [6, 6.07) is 7.13. The van der Waals surface area contributed by atoms with Crippen molar-refractivity contribution in [3.05, 3.63) is 36.4 Å². The Morgan fingerprint density at radius 2 is 2.05 bits per heavy atom. The molecule has 19 heavy (non-hydrogen) atoms. The zero-order chi connectivity index (χ0) is 13.8. The fourth-order valence-electron chi connectivity index (χ4n) is 2.19. The molecular formula is C14H15NO3S. The van der Waals surface area contributed by atoms with E-state index in [1.54, 1.807) is 24.3 Å². The molecule has 1 aromatic rings. The highest BCUT2D eigenvalue weighted by Crippen LogP contribution is 2.27. The van der Waals surface area contributed by atoms with E-state index in [4.69, 9.17) is 5.11 Å². The van der Waals surface area contributed by atoms with Crippen LogP contribution < -0.4 is 5.32 Å². The SMILES string of the molecule is O=C(O)C1C=CCCC1C(=O)Nc1ccccc1S. The number of carbonyl (C=O) groups is 2. The van der Waals surface area contributed by atoms with Crippen molar-refractivity contribution in [2.75, 3.05) is 5.32 Å². The predicted octanol–water partition coefficient (Wildman–Crippen LogP) is 2.58. The Morgan fingerprint density at radius 1 is 1.32 bits per heavy atom. The summed E-state index contributed by atoms with van der Waals surface area (Å²) in [4.78, 5) is 24.0. The van der Waals surface area contributed by atoms with Crippen molar-refractivity contribution < 1.29 is 14.7 Å². The van der Waals surface area contributed by atoms with Crippen LogP contribution in [-0.2, 0) is 9.59 Å². The number of hydrogen-bond donors (Lipinski definition) is 3. The molecule has 0 spiro atoms. The van der Waals surface area contributed by atoms with E-state index in [0.29, 0.717) is 17.0 Å². The minimum Gasteiger partial charge on any atom is -0.481 e. The van der Waals surface area contributed by atoms with Gasteiger partial charge in [-0.3, -0.25) is 9.59 Å². The minimum atomic E-state index is -0.963. The number of rotatable bonds is 3. The molecule has 5 heteroatoms. The first-order valence-corrected chi connectivity index (χ1v) is 6.52. The van der Waals surface area contributed by atoms with Crippen LogP contribution in [0.1, 0.15) is 12.8 Å². The lowest BCUT2D eigenvalue weighted by molar-refractivity contribution is -0.144. The minimum absolute atomic E-state index is 0.266. The van der Waals surface area contributed by atoms with Crippen molar-refractivity contribution in [1.29, 1.82) is 0 Å². The molecule has 0 radical (unpaired) electrons. The molecule has 0 aliphatic heterocycles. The molecule has 2 unspecified atom stereocenters. The Labute approximate surface area is 116 Å². The highest BCUT2D eigenvalue weighted by molar-refractivity contribution is 7.80. The van der Waals surface area contributed by atoms with E-state index in [9.17, 15) is 9.59 Å². The highest BCUT2D eigenvalue weighted by Gasteiger charge is 2.33.